The zero-order valence-electron chi connectivity index (χ0n) is 11.6. The average Bonchev–Trinajstić information content (AvgIpc) is 2.44. The Morgan fingerprint density at radius 3 is 2.26 bits per heavy atom. The second kappa shape index (κ2) is 7.65. The molecule has 0 bridgehead atoms. The van der Waals surface area contributed by atoms with Crippen LogP contribution in [0.25, 0.3) is 5.57 Å². The molecule has 0 radical (unpaired) electrons. The van der Waals surface area contributed by atoms with Gasteiger partial charge in [0.2, 0.25) is 0 Å². The van der Waals surface area contributed by atoms with Crippen LogP contribution < -0.4 is 0 Å². The Balaban J connectivity index is 2.76. The highest BCUT2D eigenvalue weighted by Crippen LogP contribution is 2.27. The molecule has 98 valence electrons. The number of allylic oxidation sites excluding steroid dienone is 6. The van der Waals surface area contributed by atoms with Gasteiger partial charge in [0.1, 0.15) is 0 Å². The first-order valence-corrected chi connectivity index (χ1v) is 6.98. The SMILES string of the molecule is C=CC(=C)Sc1ccc(C(=C)/C=C\C(C)=C/C)cc1. The third-order valence-corrected chi connectivity index (χ3v) is 3.64. The van der Waals surface area contributed by atoms with Crippen molar-refractivity contribution in [3.05, 3.63) is 84.3 Å². The minimum absolute atomic E-state index is 0.954. The zero-order chi connectivity index (χ0) is 14.3. The van der Waals surface area contributed by atoms with Crippen molar-refractivity contribution in [2.24, 2.45) is 0 Å². The van der Waals surface area contributed by atoms with Crippen LogP contribution in [0.3, 0.4) is 0 Å². The normalized spacial score (nSPS) is 11.6. The van der Waals surface area contributed by atoms with E-state index in [-0.39, 0.29) is 0 Å². The molecule has 1 aromatic rings. The molecule has 0 saturated heterocycles. The second-order valence-electron chi connectivity index (χ2n) is 4.19. The molecule has 1 rings (SSSR count). The summed E-state index contributed by atoms with van der Waals surface area (Å²) in [6.07, 6.45) is 7.95. The first-order chi connectivity index (χ1) is 9.06. The third-order valence-electron chi connectivity index (χ3n) is 2.70. The Morgan fingerprint density at radius 2 is 1.74 bits per heavy atom. The average molecular weight is 268 g/mol. The van der Waals surface area contributed by atoms with E-state index >= 15 is 0 Å². The molecule has 0 fully saturated rings. The standard InChI is InChI=1S/C18H20S/c1-6-14(3)8-9-15(4)17-10-12-18(13-11-17)19-16(5)7-2/h6-13H,2,4-5H2,1,3H3/b9-8-,14-6-. The molecular weight excluding hydrogens is 248 g/mol. The van der Waals surface area contributed by atoms with Gasteiger partial charge in [-0.15, -0.1) is 0 Å². The van der Waals surface area contributed by atoms with Crippen LogP contribution in [-0.2, 0) is 0 Å². The molecule has 0 unspecified atom stereocenters. The van der Waals surface area contributed by atoms with E-state index in [1.54, 1.807) is 17.8 Å². The van der Waals surface area contributed by atoms with E-state index in [2.05, 4.69) is 63.1 Å². The van der Waals surface area contributed by atoms with E-state index in [1.807, 2.05) is 13.0 Å². The predicted octanol–water partition coefficient (Wildman–Crippen LogP) is 6.01. The Morgan fingerprint density at radius 1 is 1.11 bits per heavy atom. The van der Waals surface area contributed by atoms with Crippen molar-refractivity contribution >= 4 is 17.3 Å². The van der Waals surface area contributed by atoms with E-state index in [0.29, 0.717) is 0 Å². The second-order valence-corrected chi connectivity index (χ2v) is 5.39. The molecule has 0 atom stereocenters. The summed E-state index contributed by atoms with van der Waals surface area (Å²) >= 11 is 1.62. The first kappa shape index (κ1) is 15.3. The van der Waals surface area contributed by atoms with Crippen LogP contribution in [-0.4, -0.2) is 0 Å². The molecule has 0 saturated carbocycles. The van der Waals surface area contributed by atoms with Crippen molar-refractivity contribution in [3.8, 4) is 0 Å². The van der Waals surface area contributed by atoms with Crippen LogP contribution in [0.2, 0.25) is 0 Å². The van der Waals surface area contributed by atoms with Gasteiger partial charge in [-0.2, -0.15) is 0 Å². The van der Waals surface area contributed by atoms with Crippen LogP contribution >= 0.6 is 11.8 Å². The molecule has 0 aliphatic rings. The first-order valence-electron chi connectivity index (χ1n) is 6.16. The van der Waals surface area contributed by atoms with E-state index < -0.39 is 0 Å². The van der Waals surface area contributed by atoms with Gasteiger partial charge in [0.15, 0.2) is 0 Å². The number of thioether (sulfide) groups is 1. The number of rotatable bonds is 6. The molecule has 19 heavy (non-hydrogen) atoms. The predicted molar refractivity (Wildman–Crippen MR) is 89.2 cm³/mol. The maximum Gasteiger partial charge on any atom is 0.0122 e. The van der Waals surface area contributed by atoms with Gasteiger partial charge in [-0.25, -0.2) is 0 Å². The zero-order valence-corrected chi connectivity index (χ0v) is 12.5. The van der Waals surface area contributed by atoms with Gasteiger partial charge in [-0.1, -0.05) is 73.5 Å². The van der Waals surface area contributed by atoms with Gasteiger partial charge < -0.3 is 0 Å². The highest BCUT2D eigenvalue weighted by atomic mass is 32.2. The van der Waals surface area contributed by atoms with Gasteiger partial charge in [-0.3, -0.25) is 0 Å². The molecule has 1 heteroatoms. The Labute approximate surface area is 120 Å². The summed E-state index contributed by atoms with van der Waals surface area (Å²) in [6.45, 7) is 15.8. The Bertz CT molecular complexity index is 527. The summed E-state index contributed by atoms with van der Waals surface area (Å²) in [5.74, 6) is 0. The van der Waals surface area contributed by atoms with Crippen molar-refractivity contribution in [2.45, 2.75) is 18.7 Å². The summed E-state index contributed by atoms with van der Waals surface area (Å²) in [6, 6.07) is 8.32. The lowest BCUT2D eigenvalue weighted by atomic mass is 10.1. The summed E-state index contributed by atoms with van der Waals surface area (Å²) in [5.41, 5.74) is 3.38. The lowest BCUT2D eigenvalue weighted by Gasteiger charge is -2.04. The monoisotopic (exact) mass is 268 g/mol. The minimum atomic E-state index is 0.954. The quantitative estimate of drug-likeness (QED) is 0.449. The molecule has 1 aromatic carbocycles. The summed E-state index contributed by atoms with van der Waals surface area (Å²) in [4.78, 5) is 2.12. The third kappa shape index (κ3) is 5.19. The van der Waals surface area contributed by atoms with Crippen molar-refractivity contribution in [1.29, 1.82) is 0 Å². The summed E-state index contributed by atoms with van der Waals surface area (Å²) in [7, 11) is 0. The van der Waals surface area contributed by atoms with Gasteiger partial charge in [0, 0.05) is 9.80 Å². The van der Waals surface area contributed by atoms with Gasteiger partial charge in [0.05, 0.1) is 0 Å². The maximum absolute atomic E-state index is 4.08. The van der Waals surface area contributed by atoms with E-state index in [0.717, 1.165) is 20.9 Å². The van der Waals surface area contributed by atoms with Crippen molar-refractivity contribution < 1.29 is 0 Å². The molecule has 0 aliphatic carbocycles. The van der Waals surface area contributed by atoms with Crippen LogP contribution in [0.1, 0.15) is 19.4 Å². The van der Waals surface area contributed by atoms with Crippen molar-refractivity contribution in [2.75, 3.05) is 0 Å². The summed E-state index contributed by atoms with van der Waals surface area (Å²) < 4.78 is 0. The number of hydrogen-bond donors (Lipinski definition) is 0. The number of hydrogen-bond acceptors (Lipinski definition) is 1. The lowest BCUT2D eigenvalue weighted by molar-refractivity contribution is 1.44. The van der Waals surface area contributed by atoms with Gasteiger partial charge in [-0.05, 0) is 37.1 Å². The fourth-order valence-corrected chi connectivity index (χ4v) is 2.01. The topological polar surface area (TPSA) is 0 Å². The van der Waals surface area contributed by atoms with Crippen molar-refractivity contribution in [1.82, 2.24) is 0 Å². The molecule has 0 N–H and O–H groups in total. The van der Waals surface area contributed by atoms with Crippen LogP contribution in [0.4, 0.5) is 0 Å². The van der Waals surface area contributed by atoms with Crippen LogP contribution in [0.5, 0.6) is 0 Å². The fraction of sp³-hybridized carbons (Fsp3) is 0.111. The minimum Gasteiger partial charge on any atom is -0.0980 e. The molecule has 0 nitrogen and oxygen atoms in total. The maximum atomic E-state index is 4.08. The van der Waals surface area contributed by atoms with Crippen LogP contribution in [0, 0.1) is 0 Å². The van der Waals surface area contributed by atoms with Gasteiger partial charge in [0.25, 0.3) is 0 Å². The smallest absolute Gasteiger partial charge is 0.0122 e. The van der Waals surface area contributed by atoms with E-state index in [1.165, 1.54) is 5.57 Å². The molecular formula is C18H20S. The molecule has 0 amide bonds. The fourth-order valence-electron chi connectivity index (χ4n) is 1.35. The molecule has 0 aromatic heterocycles. The Kier molecular flexibility index (Phi) is 6.17. The largest absolute Gasteiger partial charge is 0.0980 e. The molecule has 0 spiro atoms. The van der Waals surface area contributed by atoms with Crippen molar-refractivity contribution in [3.63, 3.8) is 0 Å². The van der Waals surface area contributed by atoms with E-state index in [4.69, 9.17) is 0 Å². The molecule has 0 aliphatic heterocycles. The lowest BCUT2D eigenvalue weighted by Crippen LogP contribution is -1.80. The number of benzene rings is 1. The Hall–Kier alpha value is -1.73. The molecule has 0 heterocycles. The summed E-state index contributed by atoms with van der Waals surface area (Å²) in [5, 5.41) is 0. The van der Waals surface area contributed by atoms with Gasteiger partial charge >= 0.3 is 0 Å². The highest BCUT2D eigenvalue weighted by molar-refractivity contribution is 8.03. The van der Waals surface area contributed by atoms with Crippen LogP contribution in [0.15, 0.2) is 83.7 Å². The van der Waals surface area contributed by atoms with E-state index in [9.17, 15) is 0 Å². The highest BCUT2D eigenvalue weighted by Gasteiger charge is 1.98.